The fourth-order valence-corrected chi connectivity index (χ4v) is 4.76. The van der Waals surface area contributed by atoms with Gasteiger partial charge in [-0.25, -0.2) is 0 Å². The van der Waals surface area contributed by atoms with Crippen LogP contribution in [0.1, 0.15) is 32.8 Å². The monoisotopic (exact) mass is 430 g/mol. The zero-order chi connectivity index (χ0) is 22.7. The van der Waals surface area contributed by atoms with Crippen LogP contribution in [0.15, 0.2) is 53.5 Å². The van der Waals surface area contributed by atoms with Crippen molar-refractivity contribution in [2.75, 3.05) is 19.1 Å². The van der Waals surface area contributed by atoms with Gasteiger partial charge in [0, 0.05) is 24.5 Å². The maximum Gasteiger partial charge on any atom is 0.310 e. The van der Waals surface area contributed by atoms with Crippen molar-refractivity contribution in [3.8, 4) is 17.2 Å². The Morgan fingerprint density at radius 1 is 1.09 bits per heavy atom. The van der Waals surface area contributed by atoms with Crippen LogP contribution in [0.25, 0.3) is 10.8 Å². The minimum atomic E-state index is -0.783. The summed E-state index contributed by atoms with van der Waals surface area (Å²) in [6.07, 6.45) is 2.22. The number of nitrogens with zero attached hydrogens (tertiary/aromatic N) is 2. The molecule has 6 nitrogen and oxygen atoms in total. The van der Waals surface area contributed by atoms with Crippen LogP contribution in [0.5, 0.6) is 17.2 Å². The third kappa shape index (κ3) is 2.72. The number of likely N-dealkylation sites (N-methyl/N-ethyl adjacent to an activating group) is 1. The average Bonchev–Trinajstić information content (AvgIpc) is 2.96. The molecule has 0 saturated heterocycles. The van der Waals surface area contributed by atoms with Crippen molar-refractivity contribution in [3.05, 3.63) is 54.1 Å². The zero-order valence-electron chi connectivity index (χ0n) is 18.9. The number of hydrogen-bond acceptors (Lipinski definition) is 6. The number of esters is 1. The Morgan fingerprint density at radius 3 is 2.59 bits per heavy atom. The Kier molecular flexibility index (Phi) is 4.45. The molecular weight excluding hydrogens is 404 g/mol. The van der Waals surface area contributed by atoms with Gasteiger partial charge in [-0.3, -0.25) is 9.79 Å². The number of hydrogen-bond donors (Lipinski definition) is 0. The van der Waals surface area contributed by atoms with Crippen LogP contribution >= 0.6 is 0 Å². The minimum Gasteiger partial charge on any atom is -0.497 e. The molecule has 32 heavy (non-hydrogen) atoms. The maximum absolute atomic E-state index is 11.7. The zero-order valence-corrected chi connectivity index (χ0v) is 18.9. The molecule has 1 unspecified atom stereocenters. The van der Waals surface area contributed by atoms with Crippen LogP contribution in [0.2, 0.25) is 0 Å². The van der Waals surface area contributed by atoms with Gasteiger partial charge in [0.05, 0.1) is 18.7 Å². The van der Waals surface area contributed by atoms with Crippen LogP contribution in [0.3, 0.4) is 0 Å². The van der Waals surface area contributed by atoms with Gasteiger partial charge in [-0.15, -0.1) is 0 Å². The largest absolute Gasteiger partial charge is 0.497 e. The van der Waals surface area contributed by atoms with Gasteiger partial charge >= 0.3 is 5.97 Å². The number of methoxy groups -OCH3 is 1. The van der Waals surface area contributed by atoms with E-state index in [9.17, 15) is 4.79 Å². The van der Waals surface area contributed by atoms with E-state index in [0.717, 1.165) is 33.5 Å². The van der Waals surface area contributed by atoms with E-state index >= 15 is 0 Å². The number of carbonyl (C=O) groups is 1. The molecule has 0 N–H and O–H groups in total. The van der Waals surface area contributed by atoms with Gasteiger partial charge in [-0.2, -0.15) is 0 Å². The molecule has 1 atom stereocenters. The van der Waals surface area contributed by atoms with E-state index in [4.69, 9.17) is 19.2 Å². The number of ether oxygens (including phenoxy) is 3. The molecule has 0 radical (unpaired) electrons. The molecule has 3 aromatic carbocycles. The van der Waals surface area contributed by atoms with Crippen LogP contribution in [0.4, 0.5) is 11.4 Å². The number of rotatable bonds is 3. The summed E-state index contributed by atoms with van der Waals surface area (Å²) < 4.78 is 17.6. The lowest BCUT2D eigenvalue weighted by Gasteiger charge is -2.45. The molecule has 1 spiro atoms. The van der Waals surface area contributed by atoms with Crippen LogP contribution in [0, 0.1) is 0 Å². The van der Waals surface area contributed by atoms with Gasteiger partial charge in [-0.05, 0) is 61.2 Å². The van der Waals surface area contributed by atoms with Crippen molar-refractivity contribution in [3.63, 3.8) is 0 Å². The van der Waals surface area contributed by atoms with E-state index < -0.39 is 5.72 Å². The summed E-state index contributed by atoms with van der Waals surface area (Å²) in [4.78, 5) is 18.8. The van der Waals surface area contributed by atoms with Crippen LogP contribution in [-0.2, 0) is 10.2 Å². The molecule has 164 valence electrons. The molecule has 2 aliphatic rings. The van der Waals surface area contributed by atoms with Crippen molar-refractivity contribution in [1.82, 2.24) is 0 Å². The van der Waals surface area contributed by atoms with Gasteiger partial charge in [0.15, 0.2) is 0 Å². The third-order valence-electron chi connectivity index (χ3n) is 6.71. The van der Waals surface area contributed by atoms with E-state index in [1.165, 1.54) is 0 Å². The molecule has 0 amide bonds. The number of fused-ring (bicyclic) bond motifs is 4. The minimum absolute atomic E-state index is 0.268. The standard InChI is InChI=1S/C26H26N2O4/c1-6-23(29)31-18-9-7-16-8-12-22-24(19(16)13-18)27-15-26(32-22)25(2,3)20-14-17(30-5)10-11-21(20)28(26)4/h7-15H,6H2,1-5H3. The molecule has 0 aliphatic carbocycles. The van der Waals surface area contributed by atoms with E-state index in [1.54, 1.807) is 20.1 Å². The highest BCUT2D eigenvalue weighted by Crippen LogP contribution is 2.54. The van der Waals surface area contributed by atoms with E-state index in [0.29, 0.717) is 17.9 Å². The van der Waals surface area contributed by atoms with Gasteiger partial charge in [0.25, 0.3) is 0 Å². The van der Waals surface area contributed by atoms with Crippen molar-refractivity contribution in [2.45, 2.75) is 38.3 Å². The first kappa shape index (κ1) is 20.4. The summed E-state index contributed by atoms with van der Waals surface area (Å²) in [7, 11) is 3.70. The Hall–Kier alpha value is -3.54. The first-order valence-electron chi connectivity index (χ1n) is 10.7. The predicted molar refractivity (Wildman–Crippen MR) is 126 cm³/mol. The van der Waals surface area contributed by atoms with Gasteiger partial charge in [0.2, 0.25) is 5.72 Å². The van der Waals surface area contributed by atoms with Gasteiger partial charge in [0.1, 0.15) is 22.9 Å². The van der Waals surface area contributed by atoms with E-state index in [2.05, 4.69) is 30.9 Å². The topological polar surface area (TPSA) is 60.4 Å². The van der Waals surface area contributed by atoms with Gasteiger partial charge in [-0.1, -0.05) is 19.1 Å². The van der Waals surface area contributed by atoms with Crippen molar-refractivity contribution >= 4 is 34.3 Å². The Bertz CT molecular complexity index is 1280. The molecule has 0 aromatic heterocycles. The fraction of sp³-hybridized carbons (Fsp3) is 0.308. The molecule has 0 bridgehead atoms. The summed E-state index contributed by atoms with van der Waals surface area (Å²) in [5, 5.41) is 1.89. The molecule has 5 rings (SSSR count). The summed E-state index contributed by atoms with van der Waals surface area (Å²) >= 11 is 0. The molecule has 2 heterocycles. The molecule has 0 fully saturated rings. The van der Waals surface area contributed by atoms with Crippen molar-refractivity contribution < 1.29 is 19.0 Å². The number of aliphatic imine (C=N–C) groups is 1. The number of carbonyl (C=O) groups excluding carboxylic acids is 1. The second-order valence-corrected chi connectivity index (χ2v) is 8.75. The lowest BCUT2D eigenvalue weighted by molar-refractivity contribution is -0.134. The maximum atomic E-state index is 11.7. The van der Waals surface area contributed by atoms with E-state index in [1.807, 2.05) is 43.6 Å². The third-order valence-corrected chi connectivity index (χ3v) is 6.71. The Morgan fingerprint density at radius 2 is 1.84 bits per heavy atom. The lowest BCUT2D eigenvalue weighted by Crippen LogP contribution is -2.61. The second-order valence-electron chi connectivity index (χ2n) is 8.75. The molecule has 0 saturated carbocycles. The first-order valence-corrected chi connectivity index (χ1v) is 10.7. The average molecular weight is 431 g/mol. The molecular formula is C26H26N2O4. The SMILES string of the molecule is CCC(=O)Oc1ccc2ccc3c(c2c1)N=CC1(O3)N(C)c2ccc(OC)cc2C1(C)C. The lowest BCUT2D eigenvalue weighted by atomic mass is 9.77. The molecule has 6 heteroatoms. The number of anilines is 1. The van der Waals surface area contributed by atoms with Crippen LogP contribution < -0.4 is 19.1 Å². The second kappa shape index (κ2) is 6.99. The summed E-state index contributed by atoms with van der Waals surface area (Å²) in [5.74, 6) is 1.75. The highest BCUT2D eigenvalue weighted by molar-refractivity contribution is 6.00. The van der Waals surface area contributed by atoms with Crippen molar-refractivity contribution in [1.29, 1.82) is 0 Å². The van der Waals surface area contributed by atoms with Crippen LogP contribution in [-0.4, -0.2) is 32.1 Å². The highest BCUT2D eigenvalue weighted by Gasteiger charge is 2.58. The van der Waals surface area contributed by atoms with Gasteiger partial charge < -0.3 is 19.1 Å². The summed E-state index contributed by atoms with van der Waals surface area (Å²) in [6, 6.07) is 15.6. The van der Waals surface area contributed by atoms with E-state index in [-0.39, 0.29) is 11.4 Å². The predicted octanol–water partition coefficient (Wildman–Crippen LogP) is 5.38. The molecule has 3 aromatic rings. The first-order chi connectivity index (χ1) is 15.3. The number of benzene rings is 3. The summed E-state index contributed by atoms with van der Waals surface area (Å²) in [6.45, 7) is 6.10. The molecule has 2 aliphatic heterocycles. The summed E-state index contributed by atoms with van der Waals surface area (Å²) in [5.41, 5.74) is 1.79. The highest BCUT2D eigenvalue weighted by atomic mass is 16.5. The normalized spacial score (nSPS) is 20.1. The fourth-order valence-electron chi connectivity index (χ4n) is 4.76. The smallest absolute Gasteiger partial charge is 0.310 e. The Balaban J connectivity index is 1.61. The Labute approximate surface area is 187 Å². The quantitative estimate of drug-likeness (QED) is 0.412. The van der Waals surface area contributed by atoms with Crippen molar-refractivity contribution in [2.24, 2.45) is 4.99 Å².